The summed E-state index contributed by atoms with van der Waals surface area (Å²) in [5.74, 6) is 1.36. The summed E-state index contributed by atoms with van der Waals surface area (Å²) in [7, 11) is 0. The van der Waals surface area contributed by atoms with Crippen LogP contribution in [0.5, 0.6) is 0 Å². The molecule has 0 spiro atoms. The molecule has 0 saturated carbocycles. The fourth-order valence-corrected chi connectivity index (χ4v) is 3.41. The Kier molecular flexibility index (Phi) is 4.45. The fraction of sp³-hybridized carbons (Fsp3) is 0.688. The van der Waals surface area contributed by atoms with Crippen LogP contribution in [-0.2, 0) is 22.4 Å². The first-order valence-electron chi connectivity index (χ1n) is 8.23. The van der Waals surface area contributed by atoms with Crippen molar-refractivity contribution in [2.45, 2.75) is 45.4 Å². The molecule has 2 N–H and O–H groups in total. The molecule has 1 aromatic rings. The molecule has 0 radical (unpaired) electrons. The molecule has 2 aliphatic rings. The molecule has 1 saturated heterocycles. The van der Waals surface area contributed by atoms with E-state index in [9.17, 15) is 9.59 Å². The van der Waals surface area contributed by atoms with Crippen molar-refractivity contribution >= 4 is 11.8 Å². The number of aromatic nitrogens is 2. The summed E-state index contributed by atoms with van der Waals surface area (Å²) in [5.41, 5.74) is 2.24. The van der Waals surface area contributed by atoms with Crippen LogP contribution in [0.15, 0.2) is 0 Å². The first-order chi connectivity index (χ1) is 10.6. The number of rotatable bonds is 5. The Balaban J connectivity index is 1.40. The van der Waals surface area contributed by atoms with Gasteiger partial charge in [-0.25, -0.2) is 4.98 Å². The number of nitrogens with one attached hydrogen (secondary N) is 2. The summed E-state index contributed by atoms with van der Waals surface area (Å²) in [6.45, 7) is 4.23. The van der Waals surface area contributed by atoms with Crippen LogP contribution in [0.4, 0.5) is 0 Å². The van der Waals surface area contributed by atoms with Crippen molar-refractivity contribution in [3.8, 4) is 0 Å². The van der Waals surface area contributed by atoms with Crippen molar-refractivity contribution in [1.29, 1.82) is 0 Å². The number of likely N-dealkylation sites (tertiary alicyclic amines) is 1. The first kappa shape index (κ1) is 15.1. The second-order valence-corrected chi connectivity index (χ2v) is 6.32. The molecule has 120 valence electrons. The van der Waals surface area contributed by atoms with Crippen LogP contribution >= 0.6 is 0 Å². The Morgan fingerprint density at radius 2 is 2.32 bits per heavy atom. The number of aromatic amines is 1. The predicted octanol–water partition coefficient (Wildman–Crippen LogP) is 0.952. The van der Waals surface area contributed by atoms with Gasteiger partial charge in [0.15, 0.2) is 0 Å². The average molecular weight is 304 g/mol. The van der Waals surface area contributed by atoms with Gasteiger partial charge in [-0.1, -0.05) is 0 Å². The van der Waals surface area contributed by atoms with E-state index in [2.05, 4.69) is 15.3 Å². The van der Waals surface area contributed by atoms with E-state index < -0.39 is 0 Å². The van der Waals surface area contributed by atoms with Gasteiger partial charge in [0.2, 0.25) is 11.8 Å². The van der Waals surface area contributed by atoms with Gasteiger partial charge in [0.25, 0.3) is 0 Å². The van der Waals surface area contributed by atoms with E-state index in [-0.39, 0.29) is 17.7 Å². The number of aryl methyl sites for hydroxylation is 2. The fourth-order valence-electron chi connectivity index (χ4n) is 3.41. The monoisotopic (exact) mass is 304 g/mol. The van der Waals surface area contributed by atoms with Crippen molar-refractivity contribution in [3.63, 3.8) is 0 Å². The highest BCUT2D eigenvalue weighted by Gasteiger charge is 2.26. The lowest BCUT2D eigenvalue weighted by molar-refractivity contribution is -0.127. The van der Waals surface area contributed by atoms with Crippen molar-refractivity contribution < 1.29 is 9.59 Å². The minimum absolute atomic E-state index is 0.0424. The van der Waals surface area contributed by atoms with Gasteiger partial charge >= 0.3 is 0 Å². The van der Waals surface area contributed by atoms with Crippen molar-refractivity contribution in [2.75, 3.05) is 19.6 Å². The van der Waals surface area contributed by atoms with Gasteiger partial charge in [-0.05, 0) is 32.6 Å². The number of carbonyl (C=O) groups is 2. The molecular weight excluding hydrogens is 280 g/mol. The van der Waals surface area contributed by atoms with Gasteiger partial charge in [0, 0.05) is 44.1 Å². The molecule has 0 bridgehead atoms. The molecular formula is C16H24N4O2. The number of hydrogen-bond donors (Lipinski definition) is 2. The zero-order chi connectivity index (χ0) is 15.5. The number of imidazole rings is 1. The topological polar surface area (TPSA) is 78.1 Å². The van der Waals surface area contributed by atoms with Gasteiger partial charge in [0.1, 0.15) is 5.82 Å². The van der Waals surface area contributed by atoms with E-state index in [0.717, 1.165) is 62.4 Å². The van der Waals surface area contributed by atoms with Crippen molar-refractivity contribution in [2.24, 2.45) is 5.92 Å². The molecule has 1 aliphatic carbocycles. The lowest BCUT2D eigenvalue weighted by Gasteiger charge is -2.21. The van der Waals surface area contributed by atoms with E-state index in [1.807, 2.05) is 11.8 Å². The standard InChI is InChI=1S/C16H24N4O2/c1-11-18-13-6-5-12(10-14(13)19-11)16(22)17-7-3-9-20-8-2-4-15(20)21/h12H,2-10H2,1H3,(H,17,22)(H,18,19). The third-order valence-corrected chi connectivity index (χ3v) is 4.61. The number of fused-ring (bicyclic) bond motifs is 1. The van der Waals surface area contributed by atoms with E-state index >= 15 is 0 Å². The molecule has 1 aliphatic heterocycles. The second kappa shape index (κ2) is 6.50. The summed E-state index contributed by atoms with van der Waals surface area (Å²) in [6, 6.07) is 0. The normalized spacial score (nSPS) is 21.0. The number of amides is 2. The molecule has 1 unspecified atom stereocenters. The predicted molar refractivity (Wildman–Crippen MR) is 82.3 cm³/mol. The maximum atomic E-state index is 12.2. The molecule has 22 heavy (non-hydrogen) atoms. The van der Waals surface area contributed by atoms with Crippen LogP contribution in [0.25, 0.3) is 0 Å². The Hall–Kier alpha value is -1.85. The van der Waals surface area contributed by atoms with Gasteiger partial charge in [-0.3, -0.25) is 9.59 Å². The van der Waals surface area contributed by atoms with Gasteiger partial charge in [-0.15, -0.1) is 0 Å². The Morgan fingerprint density at radius 3 is 3.09 bits per heavy atom. The van der Waals surface area contributed by atoms with E-state index in [1.54, 1.807) is 0 Å². The van der Waals surface area contributed by atoms with E-state index in [4.69, 9.17) is 0 Å². The SMILES string of the molecule is Cc1nc2c([nH]1)CC(C(=O)NCCCN1CCCC1=O)CC2. The quantitative estimate of drug-likeness (QED) is 0.795. The Morgan fingerprint density at radius 1 is 1.45 bits per heavy atom. The number of nitrogens with zero attached hydrogens (tertiary/aromatic N) is 2. The highest BCUT2D eigenvalue weighted by Crippen LogP contribution is 2.23. The molecule has 6 heteroatoms. The number of H-pyrrole nitrogens is 1. The van der Waals surface area contributed by atoms with Crippen molar-refractivity contribution in [3.05, 3.63) is 17.2 Å². The molecule has 2 heterocycles. The Bertz CT molecular complexity index is 566. The average Bonchev–Trinajstić information content (AvgIpc) is 3.07. The lowest BCUT2D eigenvalue weighted by Crippen LogP contribution is -2.36. The van der Waals surface area contributed by atoms with Crippen LogP contribution in [0, 0.1) is 12.8 Å². The molecule has 3 rings (SSSR count). The van der Waals surface area contributed by atoms with Gasteiger partial charge < -0.3 is 15.2 Å². The molecule has 0 aromatic carbocycles. The highest BCUT2D eigenvalue weighted by molar-refractivity contribution is 5.79. The highest BCUT2D eigenvalue weighted by atomic mass is 16.2. The minimum Gasteiger partial charge on any atom is -0.356 e. The summed E-state index contributed by atoms with van der Waals surface area (Å²) in [5, 5.41) is 3.02. The molecule has 2 amide bonds. The maximum Gasteiger partial charge on any atom is 0.223 e. The Labute approximate surface area is 130 Å². The molecule has 1 fully saturated rings. The molecule has 1 aromatic heterocycles. The van der Waals surface area contributed by atoms with Crippen molar-refractivity contribution in [1.82, 2.24) is 20.2 Å². The first-order valence-corrected chi connectivity index (χ1v) is 8.23. The minimum atomic E-state index is 0.0424. The van der Waals surface area contributed by atoms with Crippen LogP contribution < -0.4 is 5.32 Å². The summed E-state index contributed by atoms with van der Waals surface area (Å²) >= 11 is 0. The largest absolute Gasteiger partial charge is 0.356 e. The summed E-state index contributed by atoms with van der Waals surface area (Å²) in [6.07, 6.45) is 4.98. The van der Waals surface area contributed by atoms with Gasteiger partial charge in [0.05, 0.1) is 5.69 Å². The number of carbonyl (C=O) groups excluding carboxylic acids is 2. The van der Waals surface area contributed by atoms with Crippen LogP contribution in [0.2, 0.25) is 0 Å². The second-order valence-electron chi connectivity index (χ2n) is 6.32. The van der Waals surface area contributed by atoms with E-state index in [0.29, 0.717) is 13.0 Å². The third kappa shape index (κ3) is 3.31. The van der Waals surface area contributed by atoms with Crippen LogP contribution in [-0.4, -0.2) is 46.3 Å². The third-order valence-electron chi connectivity index (χ3n) is 4.61. The van der Waals surface area contributed by atoms with Gasteiger partial charge in [-0.2, -0.15) is 0 Å². The molecule has 1 atom stereocenters. The summed E-state index contributed by atoms with van der Waals surface area (Å²) in [4.78, 5) is 33.3. The van der Waals surface area contributed by atoms with Crippen LogP contribution in [0.1, 0.15) is 42.9 Å². The zero-order valence-electron chi connectivity index (χ0n) is 13.2. The van der Waals surface area contributed by atoms with E-state index in [1.165, 1.54) is 0 Å². The lowest BCUT2D eigenvalue weighted by atomic mass is 9.89. The summed E-state index contributed by atoms with van der Waals surface area (Å²) < 4.78 is 0. The zero-order valence-corrected chi connectivity index (χ0v) is 13.2. The number of hydrogen-bond acceptors (Lipinski definition) is 3. The smallest absolute Gasteiger partial charge is 0.223 e. The molecule has 6 nitrogen and oxygen atoms in total. The maximum absolute atomic E-state index is 12.2. The van der Waals surface area contributed by atoms with Crippen LogP contribution in [0.3, 0.4) is 0 Å².